The van der Waals surface area contributed by atoms with Crippen LogP contribution in [0, 0.1) is 17.8 Å². The summed E-state index contributed by atoms with van der Waals surface area (Å²) in [7, 11) is 1.79. The van der Waals surface area contributed by atoms with Crippen molar-refractivity contribution in [3.63, 3.8) is 0 Å². The van der Waals surface area contributed by atoms with Crippen molar-refractivity contribution in [3.05, 3.63) is 47.7 Å². The predicted octanol–water partition coefficient (Wildman–Crippen LogP) is 3.04. The van der Waals surface area contributed by atoms with Gasteiger partial charge in [0.1, 0.15) is 5.52 Å². The smallest absolute Gasteiger partial charge is 0.228 e. The first-order chi connectivity index (χ1) is 16.1. The first-order valence-corrected chi connectivity index (χ1v) is 11.2. The summed E-state index contributed by atoms with van der Waals surface area (Å²) >= 11 is 0. The van der Waals surface area contributed by atoms with Gasteiger partial charge in [0.05, 0.1) is 18.3 Å². The van der Waals surface area contributed by atoms with Crippen LogP contribution in [0.3, 0.4) is 0 Å². The number of rotatable bonds is 4. The van der Waals surface area contributed by atoms with Gasteiger partial charge >= 0.3 is 0 Å². The van der Waals surface area contributed by atoms with Crippen LogP contribution in [0.5, 0.6) is 0 Å². The predicted molar refractivity (Wildman–Crippen MR) is 128 cm³/mol. The van der Waals surface area contributed by atoms with Gasteiger partial charge in [-0.15, -0.1) is 10.2 Å². The summed E-state index contributed by atoms with van der Waals surface area (Å²) in [5.74, 6) is 7.59. The third kappa shape index (κ3) is 4.73. The maximum absolute atomic E-state index is 12.1. The van der Waals surface area contributed by atoms with Gasteiger partial charge in [-0.3, -0.25) is 4.79 Å². The summed E-state index contributed by atoms with van der Waals surface area (Å²) in [6.07, 6.45) is 3.82. The molecule has 8 nitrogen and oxygen atoms in total. The van der Waals surface area contributed by atoms with Gasteiger partial charge in [-0.05, 0) is 50.1 Å². The SMILES string of the molecule is CNc1ncc(C#Cc2ccc(N3CCO[C@H](C)C3)cc2)c2cc(NC(=O)C3CC3)nnc12. The first kappa shape index (κ1) is 21.2. The number of hydrogen-bond donors (Lipinski definition) is 2. The topological polar surface area (TPSA) is 92.3 Å². The van der Waals surface area contributed by atoms with E-state index in [9.17, 15) is 4.79 Å². The first-order valence-electron chi connectivity index (χ1n) is 11.2. The van der Waals surface area contributed by atoms with Crippen molar-refractivity contribution in [1.29, 1.82) is 0 Å². The Morgan fingerprint density at radius 1 is 1.18 bits per heavy atom. The van der Waals surface area contributed by atoms with Crippen LogP contribution in [0.1, 0.15) is 30.9 Å². The number of pyridine rings is 1. The van der Waals surface area contributed by atoms with Crippen LogP contribution in [-0.4, -0.2) is 53.9 Å². The van der Waals surface area contributed by atoms with E-state index in [1.54, 1.807) is 13.2 Å². The highest BCUT2D eigenvalue weighted by atomic mass is 16.5. The van der Waals surface area contributed by atoms with E-state index in [1.165, 1.54) is 5.69 Å². The van der Waals surface area contributed by atoms with Gasteiger partial charge in [0.15, 0.2) is 11.6 Å². The maximum atomic E-state index is 12.1. The van der Waals surface area contributed by atoms with Crippen molar-refractivity contribution < 1.29 is 9.53 Å². The molecular weight excluding hydrogens is 416 g/mol. The maximum Gasteiger partial charge on any atom is 0.228 e. The molecule has 0 bridgehead atoms. The van der Waals surface area contributed by atoms with Crippen LogP contribution in [0.25, 0.3) is 10.9 Å². The van der Waals surface area contributed by atoms with Crippen molar-refractivity contribution in [2.24, 2.45) is 5.92 Å². The van der Waals surface area contributed by atoms with Gasteiger partial charge in [0.25, 0.3) is 0 Å². The Morgan fingerprint density at radius 2 is 2.00 bits per heavy atom. The number of nitrogens with one attached hydrogen (secondary N) is 2. The van der Waals surface area contributed by atoms with Gasteiger partial charge in [0.2, 0.25) is 5.91 Å². The standard InChI is InChI=1S/C25H26N6O2/c1-16-15-31(11-12-33-16)20-9-4-17(5-10-20)3-6-19-14-27-24(26-2)23-21(19)13-22(29-30-23)28-25(32)18-7-8-18/h4-5,9-10,13-14,16,18H,7-8,11-12,15H2,1-2H3,(H,26,27)(H,28,29,32)/t16-/m1/s1. The summed E-state index contributed by atoms with van der Waals surface area (Å²) in [6.45, 7) is 4.63. The Balaban J connectivity index is 1.42. The largest absolute Gasteiger partial charge is 0.375 e. The molecule has 5 rings (SSSR count). The summed E-state index contributed by atoms with van der Waals surface area (Å²) < 4.78 is 5.63. The molecule has 1 aliphatic carbocycles. The molecule has 1 atom stereocenters. The number of ether oxygens (including phenoxy) is 1. The van der Waals surface area contributed by atoms with Gasteiger partial charge in [0, 0.05) is 48.9 Å². The molecule has 1 aliphatic heterocycles. The summed E-state index contributed by atoms with van der Waals surface area (Å²) in [5.41, 5.74) is 3.43. The van der Waals surface area contributed by atoms with E-state index in [0.29, 0.717) is 17.2 Å². The molecule has 0 unspecified atom stereocenters. The highest BCUT2D eigenvalue weighted by Crippen LogP contribution is 2.30. The van der Waals surface area contributed by atoms with E-state index < -0.39 is 0 Å². The lowest BCUT2D eigenvalue weighted by molar-refractivity contribution is -0.117. The lowest BCUT2D eigenvalue weighted by Gasteiger charge is -2.32. The van der Waals surface area contributed by atoms with Gasteiger partial charge < -0.3 is 20.3 Å². The minimum Gasteiger partial charge on any atom is -0.375 e. The Bertz CT molecular complexity index is 1240. The number of aromatic nitrogens is 3. The summed E-state index contributed by atoms with van der Waals surface area (Å²) in [4.78, 5) is 18.9. The van der Waals surface area contributed by atoms with E-state index >= 15 is 0 Å². The minimum atomic E-state index is -0.00562. The average molecular weight is 443 g/mol. The molecule has 1 amide bonds. The Kier molecular flexibility index (Phi) is 5.80. The Hall–Kier alpha value is -3.70. The van der Waals surface area contributed by atoms with Crippen molar-refractivity contribution in [2.75, 3.05) is 42.3 Å². The van der Waals surface area contributed by atoms with E-state index in [-0.39, 0.29) is 17.9 Å². The van der Waals surface area contributed by atoms with Crippen molar-refractivity contribution in [1.82, 2.24) is 15.2 Å². The number of carbonyl (C=O) groups is 1. The lowest BCUT2D eigenvalue weighted by Crippen LogP contribution is -2.41. The molecule has 2 aliphatic rings. The number of hydrogen-bond acceptors (Lipinski definition) is 7. The molecule has 0 spiro atoms. The van der Waals surface area contributed by atoms with Gasteiger partial charge in [-0.25, -0.2) is 4.98 Å². The molecular formula is C25H26N6O2. The number of carbonyl (C=O) groups excluding carboxylic acids is 1. The van der Waals surface area contributed by atoms with Crippen LogP contribution >= 0.6 is 0 Å². The second kappa shape index (κ2) is 9.04. The van der Waals surface area contributed by atoms with Gasteiger partial charge in [-0.2, -0.15) is 0 Å². The van der Waals surface area contributed by atoms with Crippen molar-refractivity contribution in [2.45, 2.75) is 25.9 Å². The summed E-state index contributed by atoms with van der Waals surface area (Å²) in [6, 6.07) is 10.1. The molecule has 8 heteroatoms. The van der Waals surface area contributed by atoms with E-state index in [4.69, 9.17) is 4.74 Å². The minimum absolute atomic E-state index is 0.00562. The molecule has 33 heavy (non-hydrogen) atoms. The van der Waals surface area contributed by atoms with Crippen molar-refractivity contribution in [3.8, 4) is 11.8 Å². The van der Waals surface area contributed by atoms with E-state index in [0.717, 1.165) is 49.1 Å². The molecule has 0 radical (unpaired) electrons. The number of nitrogens with zero attached hydrogens (tertiary/aromatic N) is 4. The number of fused-ring (bicyclic) bond motifs is 1. The highest BCUT2D eigenvalue weighted by molar-refractivity contribution is 5.97. The lowest BCUT2D eigenvalue weighted by atomic mass is 10.1. The van der Waals surface area contributed by atoms with E-state index in [1.807, 2.05) is 18.2 Å². The quantitative estimate of drug-likeness (QED) is 0.600. The highest BCUT2D eigenvalue weighted by Gasteiger charge is 2.30. The molecule has 1 saturated carbocycles. The molecule has 3 aromatic rings. The average Bonchev–Trinajstić information content (AvgIpc) is 3.68. The fourth-order valence-corrected chi connectivity index (χ4v) is 3.90. The second-order valence-corrected chi connectivity index (χ2v) is 8.45. The number of anilines is 3. The molecule has 2 aromatic heterocycles. The van der Waals surface area contributed by atoms with Crippen molar-refractivity contribution >= 4 is 34.1 Å². The molecule has 3 heterocycles. The number of morpholine rings is 1. The molecule has 168 valence electrons. The Morgan fingerprint density at radius 3 is 2.73 bits per heavy atom. The molecule has 1 aromatic carbocycles. The fraction of sp³-hybridized carbons (Fsp3) is 0.360. The molecule has 2 fully saturated rings. The van der Waals surface area contributed by atoms with Crippen LogP contribution < -0.4 is 15.5 Å². The number of benzene rings is 1. The van der Waals surface area contributed by atoms with Crippen LogP contribution in [0.15, 0.2) is 36.5 Å². The molecule has 1 saturated heterocycles. The third-order valence-electron chi connectivity index (χ3n) is 5.88. The molecule has 2 N–H and O–H groups in total. The van der Waals surface area contributed by atoms with Crippen LogP contribution in [0.2, 0.25) is 0 Å². The van der Waals surface area contributed by atoms with E-state index in [2.05, 4.69) is 61.6 Å². The fourth-order valence-electron chi connectivity index (χ4n) is 3.90. The summed E-state index contributed by atoms with van der Waals surface area (Å²) in [5, 5.41) is 15.1. The number of amides is 1. The zero-order chi connectivity index (χ0) is 22.8. The van der Waals surface area contributed by atoms with Crippen LogP contribution in [0.4, 0.5) is 17.3 Å². The second-order valence-electron chi connectivity index (χ2n) is 8.45. The normalized spacial score (nSPS) is 17.9. The van der Waals surface area contributed by atoms with Crippen LogP contribution in [-0.2, 0) is 9.53 Å². The van der Waals surface area contributed by atoms with Gasteiger partial charge in [-0.1, -0.05) is 11.8 Å². The zero-order valence-electron chi connectivity index (χ0n) is 18.8. The third-order valence-corrected chi connectivity index (χ3v) is 5.88. The monoisotopic (exact) mass is 442 g/mol. The zero-order valence-corrected chi connectivity index (χ0v) is 18.8. The Labute approximate surface area is 192 Å².